The summed E-state index contributed by atoms with van der Waals surface area (Å²) in [4.78, 5) is 35.5. The van der Waals surface area contributed by atoms with Gasteiger partial charge >= 0.3 is 18.0 Å². The van der Waals surface area contributed by atoms with Crippen LogP contribution in [0, 0.1) is 0 Å². The number of ether oxygens (including phenoxy) is 1. The average Bonchev–Trinajstić information content (AvgIpc) is 2.85. The number of esters is 1. The molecule has 2 amide bonds. The minimum Gasteiger partial charge on any atom is -0.480 e. The Balaban J connectivity index is 2.53. The van der Waals surface area contributed by atoms with Crippen molar-refractivity contribution in [2.75, 3.05) is 20.7 Å². The van der Waals surface area contributed by atoms with Gasteiger partial charge in [0.1, 0.15) is 5.54 Å². The fraction of sp³-hybridized carbons (Fsp3) is 0.750. The molecule has 0 heterocycles. The van der Waals surface area contributed by atoms with E-state index in [0.717, 1.165) is 12.8 Å². The number of urea groups is 1. The number of nitrogens with zero attached hydrogens (tertiary/aromatic N) is 1. The van der Waals surface area contributed by atoms with Gasteiger partial charge in [-0.2, -0.15) is 0 Å². The van der Waals surface area contributed by atoms with Crippen LogP contribution in [0.4, 0.5) is 4.79 Å². The molecule has 0 atom stereocenters. The lowest BCUT2D eigenvalue weighted by molar-refractivity contribution is -0.144. The summed E-state index contributed by atoms with van der Waals surface area (Å²) in [5, 5.41) is 11.8. The molecule has 0 saturated heterocycles. The van der Waals surface area contributed by atoms with E-state index in [2.05, 4.69) is 10.1 Å². The third kappa shape index (κ3) is 3.84. The lowest BCUT2D eigenvalue weighted by Crippen LogP contribution is -2.55. The number of methoxy groups -OCH3 is 1. The monoisotopic (exact) mass is 272 g/mol. The maximum Gasteiger partial charge on any atom is 0.329 e. The molecule has 1 aliphatic rings. The number of aliphatic carboxylic acids is 1. The van der Waals surface area contributed by atoms with Gasteiger partial charge in [-0.15, -0.1) is 0 Å². The molecule has 1 rings (SSSR count). The van der Waals surface area contributed by atoms with Crippen molar-refractivity contribution in [1.29, 1.82) is 0 Å². The molecule has 7 heteroatoms. The predicted molar refractivity (Wildman–Crippen MR) is 66.6 cm³/mol. The van der Waals surface area contributed by atoms with Crippen molar-refractivity contribution in [3.8, 4) is 0 Å². The summed E-state index contributed by atoms with van der Waals surface area (Å²) in [5.41, 5.74) is -1.16. The molecule has 0 bridgehead atoms. The third-order valence-corrected chi connectivity index (χ3v) is 3.44. The van der Waals surface area contributed by atoms with E-state index in [0.29, 0.717) is 12.8 Å². The summed E-state index contributed by atoms with van der Waals surface area (Å²) >= 11 is 0. The van der Waals surface area contributed by atoms with Crippen LogP contribution in [0.2, 0.25) is 0 Å². The first kappa shape index (κ1) is 15.3. The molecule has 108 valence electrons. The highest BCUT2D eigenvalue weighted by atomic mass is 16.5. The molecule has 0 radical (unpaired) electrons. The van der Waals surface area contributed by atoms with Crippen LogP contribution in [-0.4, -0.2) is 54.2 Å². The molecule has 2 N–H and O–H groups in total. The first-order chi connectivity index (χ1) is 8.91. The summed E-state index contributed by atoms with van der Waals surface area (Å²) in [6.45, 7) is 0.189. The Morgan fingerprint density at radius 1 is 1.32 bits per heavy atom. The first-order valence-corrected chi connectivity index (χ1v) is 6.25. The van der Waals surface area contributed by atoms with Crippen LogP contribution in [0.25, 0.3) is 0 Å². The Hall–Kier alpha value is -1.79. The van der Waals surface area contributed by atoms with Crippen LogP contribution in [0.3, 0.4) is 0 Å². The molecule has 19 heavy (non-hydrogen) atoms. The highest BCUT2D eigenvalue weighted by molar-refractivity contribution is 5.86. The van der Waals surface area contributed by atoms with Gasteiger partial charge in [0, 0.05) is 13.6 Å². The molecule has 0 aromatic rings. The molecule has 7 nitrogen and oxygen atoms in total. The van der Waals surface area contributed by atoms with Gasteiger partial charge in [-0.1, -0.05) is 12.8 Å². The second kappa shape index (κ2) is 6.40. The zero-order valence-electron chi connectivity index (χ0n) is 11.3. The fourth-order valence-electron chi connectivity index (χ4n) is 2.13. The van der Waals surface area contributed by atoms with Crippen molar-refractivity contribution < 1.29 is 24.2 Å². The van der Waals surface area contributed by atoms with Crippen LogP contribution in [0.5, 0.6) is 0 Å². The van der Waals surface area contributed by atoms with E-state index in [4.69, 9.17) is 0 Å². The van der Waals surface area contributed by atoms with Crippen molar-refractivity contribution in [1.82, 2.24) is 10.2 Å². The van der Waals surface area contributed by atoms with E-state index in [9.17, 15) is 19.5 Å². The standard InChI is InChI=1S/C12H20N2O5/c1-14(8-5-9(15)19-2)11(18)13-12(10(16)17)6-3-4-7-12/h3-8H2,1-2H3,(H,13,18)(H,16,17). The zero-order chi connectivity index (χ0) is 14.5. The van der Waals surface area contributed by atoms with Crippen molar-refractivity contribution >= 4 is 18.0 Å². The van der Waals surface area contributed by atoms with E-state index >= 15 is 0 Å². The molecule has 0 unspecified atom stereocenters. The number of carbonyl (C=O) groups excluding carboxylic acids is 2. The number of nitrogens with one attached hydrogen (secondary N) is 1. The van der Waals surface area contributed by atoms with Gasteiger partial charge in [0.25, 0.3) is 0 Å². The van der Waals surface area contributed by atoms with Crippen LogP contribution in [0.15, 0.2) is 0 Å². The lowest BCUT2D eigenvalue weighted by Gasteiger charge is -2.28. The summed E-state index contributed by atoms with van der Waals surface area (Å²) in [6, 6.07) is -0.479. The molecular weight excluding hydrogens is 252 g/mol. The number of amides is 2. The molecule has 1 fully saturated rings. The Kier molecular flexibility index (Phi) is 5.14. The van der Waals surface area contributed by atoms with Gasteiger partial charge in [0.2, 0.25) is 0 Å². The van der Waals surface area contributed by atoms with Crippen molar-refractivity contribution in [3.63, 3.8) is 0 Å². The minimum absolute atomic E-state index is 0.0838. The van der Waals surface area contributed by atoms with Crippen molar-refractivity contribution in [3.05, 3.63) is 0 Å². The maximum absolute atomic E-state index is 11.9. The number of carbonyl (C=O) groups is 3. The number of carboxylic acid groups (broad SMARTS) is 1. The number of hydrogen-bond acceptors (Lipinski definition) is 4. The van der Waals surface area contributed by atoms with Gasteiger partial charge in [0.15, 0.2) is 0 Å². The second-order valence-corrected chi connectivity index (χ2v) is 4.77. The normalized spacial score (nSPS) is 16.7. The van der Waals surface area contributed by atoms with Gasteiger partial charge < -0.3 is 20.1 Å². The first-order valence-electron chi connectivity index (χ1n) is 6.25. The predicted octanol–water partition coefficient (Wildman–Crippen LogP) is 0.588. The van der Waals surface area contributed by atoms with E-state index in [1.165, 1.54) is 19.1 Å². The molecular formula is C12H20N2O5. The zero-order valence-corrected chi connectivity index (χ0v) is 11.3. The quantitative estimate of drug-likeness (QED) is 0.714. The fourth-order valence-corrected chi connectivity index (χ4v) is 2.13. The van der Waals surface area contributed by atoms with Gasteiger partial charge in [-0.3, -0.25) is 4.79 Å². The average molecular weight is 272 g/mol. The smallest absolute Gasteiger partial charge is 0.329 e. The highest BCUT2D eigenvalue weighted by Crippen LogP contribution is 2.30. The van der Waals surface area contributed by atoms with E-state index in [1.807, 2.05) is 0 Å². The minimum atomic E-state index is -1.16. The Labute approximate surface area is 111 Å². The molecule has 0 aromatic heterocycles. The van der Waals surface area contributed by atoms with E-state index in [-0.39, 0.29) is 13.0 Å². The summed E-state index contributed by atoms with van der Waals surface area (Å²) in [5.74, 6) is -1.41. The highest BCUT2D eigenvalue weighted by Gasteiger charge is 2.43. The number of carboxylic acids is 1. The van der Waals surface area contributed by atoms with Gasteiger partial charge in [-0.05, 0) is 12.8 Å². The van der Waals surface area contributed by atoms with Crippen LogP contribution in [-0.2, 0) is 14.3 Å². The lowest BCUT2D eigenvalue weighted by atomic mass is 9.98. The molecule has 0 aromatic carbocycles. The summed E-state index contributed by atoms with van der Waals surface area (Å²) in [6.07, 6.45) is 2.55. The largest absolute Gasteiger partial charge is 0.480 e. The summed E-state index contributed by atoms with van der Waals surface area (Å²) < 4.78 is 4.48. The molecule has 0 spiro atoms. The van der Waals surface area contributed by atoms with Crippen LogP contribution >= 0.6 is 0 Å². The number of rotatable bonds is 5. The summed E-state index contributed by atoms with van der Waals surface area (Å²) in [7, 11) is 2.79. The Bertz CT molecular complexity index is 363. The van der Waals surface area contributed by atoms with Crippen molar-refractivity contribution in [2.24, 2.45) is 0 Å². The maximum atomic E-state index is 11.9. The van der Waals surface area contributed by atoms with E-state index in [1.54, 1.807) is 0 Å². The third-order valence-electron chi connectivity index (χ3n) is 3.44. The number of hydrogen-bond donors (Lipinski definition) is 2. The Morgan fingerprint density at radius 2 is 1.89 bits per heavy atom. The van der Waals surface area contributed by atoms with Gasteiger partial charge in [-0.25, -0.2) is 9.59 Å². The molecule has 0 aliphatic heterocycles. The second-order valence-electron chi connectivity index (χ2n) is 4.77. The van der Waals surface area contributed by atoms with E-state index < -0.39 is 23.5 Å². The van der Waals surface area contributed by atoms with Crippen LogP contribution < -0.4 is 5.32 Å². The van der Waals surface area contributed by atoms with Gasteiger partial charge in [0.05, 0.1) is 13.5 Å². The molecule has 1 saturated carbocycles. The SMILES string of the molecule is COC(=O)CCN(C)C(=O)NC1(C(=O)O)CCCC1. The molecule has 1 aliphatic carbocycles. The van der Waals surface area contributed by atoms with Crippen molar-refractivity contribution in [2.45, 2.75) is 37.6 Å². The Morgan fingerprint density at radius 3 is 2.37 bits per heavy atom. The topological polar surface area (TPSA) is 95.9 Å². The van der Waals surface area contributed by atoms with Crippen LogP contribution in [0.1, 0.15) is 32.1 Å².